The zero-order valence-electron chi connectivity index (χ0n) is 14.1. The zero-order valence-corrected chi connectivity index (χ0v) is 14.1. The number of rotatable bonds is 6. The lowest BCUT2D eigenvalue weighted by Gasteiger charge is -2.17. The first kappa shape index (κ1) is 17.6. The van der Waals surface area contributed by atoms with E-state index in [2.05, 4.69) is 10.4 Å². The van der Waals surface area contributed by atoms with Gasteiger partial charge < -0.3 is 10.4 Å². The first-order valence-corrected chi connectivity index (χ1v) is 8.26. The number of aliphatic hydroxyl groups is 1. The summed E-state index contributed by atoms with van der Waals surface area (Å²) in [6.45, 7) is -0.453. The number of nitrogens with one attached hydrogen (secondary N) is 1. The van der Waals surface area contributed by atoms with Gasteiger partial charge in [-0.3, -0.25) is 9.59 Å². The summed E-state index contributed by atoms with van der Waals surface area (Å²) in [7, 11) is 0. The third-order valence-corrected chi connectivity index (χ3v) is 3.95. The quantitative estimate of drug-likeness (QED) is 0.710. The van der Waals surface area contributed by atoms with Crippen molar-refractivity contribution in [2.24, 2.45) is 0 Å². The van der Waals surface area contributed by atoms with E-state index in [9.17, 15) is 14.7 Å². The van der Waals surface area contributed by atoms with Gasteiger partial charge in [-0.1, -0.05) is 60.7 Å². The fourth-order valence-corrected chi connectivity index (χ4v) is 2.62. The molecule has 2 N–H and O–H groups in total. The summed E-state index contributed by atoms with van der Waals surface area (Å²) in [4.78, 5) is 24.4. The van der Waals surface area contributed by atoms with Crippen molar-refractivity contribution >= 4 is 5.91 Å². The molecule has 0 saturated heterocycles. The van der Waals surface area contributed by atoms with E-state index in [0.717, 1.165) is 15.8 Å². The Labute approximate surface area is 150 Å². The Morgan fingerprint density at radius 1 is 1.00 bits per heavy atom. The van der Waals surface area contributed by atoms with E-state index in [-0.39, 0.29) is 18.7 Å². The molecule has 0 unspecified atom stereocenters. The number of benzene rings is 2. The van der Waals surface area contributed by atoms with Gasteiger partial charge in [0, 0.05) is 11.6 Å². The highest BCUT2D eigenvalue weighted by atomic mass is 16.3. The predicted molar refractivity (Wildman–Crippen MR) is 98.3 cm³/mol. The highest BCUT2D eigenvalue weighted by molar-refractivity contribution is 5.76. The minimum Gasteiger partial charge on any atom is -0.394 e. The van der Waals surface area contributed by atoms with Gasteiger partial charge in [0.1, 0.15) is 6.54 Å². The average molecular weight is 349 g/mol. The summed E-state index contributed by atoms with van der Waals surface area (Å²) in [6.07, 6.45) is 0. The minimum atomic E-state index is -0.531. The summed E-state index contributed by atoms with van der Waals surface area (Å²) < 4.78 is 1.12. The van der Waals surface area contributed by atoms with E-state index < -0.39 is 11.9 Å². The maximum absolute atomic E-state index is 12.3. The molecule has 3 rings (SSSR count). The smallest absolute Gasteiger partial charge is 0.267 e. The van der Waals surface area contributed by atoms with E-state index in [1.54, 1.807) is 6.07 Å². The van der Waals surface area contributed by atoms with Crippen molar-refractivity contribution in [3.63, 3.8) is 0 Å². The largest absolute Gasteiger partial charge is 0.394 e. The number of hydrogen-bond donors (Lipinski definition) is 2. The van der Waals surface area contributed by atoms with Gasteiger partial charge in [0.05, 0.1) is 18.3 Å². The molecule has 1 aromatic heterocycles. The van der Waals surface area contributed by atoms with E-state index in [0.29, 0.717) is 5.69 Å². The molecule has 6 heteroatoms. The van der Waals surface area contributed by atoms with Gasteiger partial charge in [-0.15, -0.1) is 0 Å². The average Bonchev–Trinajstić information content (AvgIpc) is 2.69. The summed E-state index contributed by atoms with van der Waals surface area (Å²) in [5.41, 5.74) is 1.90. The Bertz CT molecular complexity index is 924. The van der Waals surface area contributed by atoms with E-state index >= 15 is 0 Å². The number of hydrogen-bond acceptors (Lipinski definition) is 4. The van der Waals surface area contributed by atoms with Crippen molar-refractivity contribution in [2.45, 2.75) is 12.6 Å². The van der Waals surface area contributed by atoms with Gasteiger partial charge in [0.2, 0.25) is 5.91 Å². The number of aromatic nitrogens is 2. The SMILES string of the molecule is O=C(Cn1nc(-c2ccccc2)ccc1=O)N[C@@H](CO)c1ccccc1. The summed E-state index contributed by atoms with van der Waals surface area (Å²) in [5, 5.41) is 16.5. The molecule has 0 aliphatic carbocycles. The van der Waals surface area contributed by atoms with Gasteiger partial charge in [-0.05, 0) is 11.6 Å². The van der Waals surface area contributed by atoms with Gasteiger partial charge in [0.15, 0.2) is 0 Å². The van der Waals surface area contributed by atoms with Crippen LogP contribution in [0.3, 0.4) is 0 Å². The molecular formula is C20H19N3O3. The zero-order chi connectivity index (χ0) is 18.4. The van der Waals surface area contributed by atoms with Crippen molar-refractivity contribution in [1.82, 2.24) is 15.1 Å². The standard InChI is InChI=1S/C20H19N3O3/c24-14-18(16-9-5-2-6-10-16)21-19(25)13-23-20(26)12-11-17(22-23)15-7-3-1-4-8-15/h1-12,18,24H,13-14H2,(H,21,25)/t18-/m0/s1. The maximum atomic E-state index is 12.3. The number of carbonyl (C=O) groups excluding carboxylic acids is 1. The molecule has 26 heavy (non-hydrogen) atoms. The highest BCUT2D eigenvalue weighted by Gasteiger charge is 2.15. The summed E-state index contributed by atoms with van der Waals surface area (Å²) in [6, 6.07) is 21.1. The second-order valence-corrected chi connectivity index (χ2v) is 5.79. The monoisotopic (exact) mass is 349 g/mol. The van der Waals surface area contributed by atoms with E-state index in [1.165, 1.54) is 6.07 Å². The lowest BCUT2D eigenvalue weighted by molar-refractivity contribution is -0.123. The van der Waals surface area contributed by atoms with Crippen molar-refractivity contribution in [1.29, 1.82) is 0 Å². The molecule has 0 spiro atoms. The molecule has 1 amide bonds. The molecule has 0 aliphatic heterocycles. The number of amides is 1. The fourth-order valence-electron chi connectivity index (χ4n) is 2.62. The maximum Gasteiger partial charge on any atom is 0.267 e. The van der Waals surface area contributed by atoms with Gasteiger partial charge in [-0.2, -0.15) is 5.10 Å². The number of aliphatic hydroxyl groups excluding tert-OH is 1. The Morgan fingerprint density at radius 2 is 1.65 bits per heavy atom. The van der Waals surface area contributed by atoms with Crippen LogP contribution in [0.5, 0.6) is 0 Å². The lowest BCUT2D eigenvalue weighted by atomic mass is 10.1. The van der Waals surface area contributed by atoms with Crippen LogP contribution in [0.2, 0.25) is 0 Å². The highest BCUT2D eigenvalue weighted by Crippen LogP contribution is 2.14. The molecule has 0 aliphatic rings. The van der Waals surface area contributed by atoms with E-state index in [4.69, 9.17) is 0 Å². The normalized spacial score (nSPS) is 11.7. The Morgan fingerprint density at radius 3 is 2.31 bits per heavy atom. The van der Waals surface area contributed by atoms with Crippen molar-refractivity contribution in [3.05, 3.63) is 88.7 Å². The van der Waals surface area contributed by atoms with E-state index in [1.807, 2.05) is 60.7 Å². The van der Waals surface area contributed by atoms with Crippen molar-refractivity contribution < 1.29 is 9.90 Å². The topological polar surface area (TPSA) is 84.2 Å². The Kier molecular flexibility index (Phi) is 5.56. The molecule has 0 fully saturated rings. The minimum absolute atomic E-state index is 0.219. The molecule has 0 saturated carbocycles. The van der Waals surface area contributed by atoms with Crippen LogP contribution in [0, 0.1) is 0 Å². The van der Waals surface area contributed by atoms with Gasteiger partial charge >= 0.3 is 0 Å². The van der Waals surface area contributed by atoms with Crippen LogP contribution >= 0.6 is 0 Å². The van der Waals surface area contributed by atoms with Crippen molar-refractivity contribution in [2.75, 3.05) is 6.61 Å². The first-order valence-electron chi connectivity index (χ1n) is 8.26. The van der Waals surface area contributed by atoms with Crippen LogP contribution < -0.4 is 10.9 Å². The second kappa shape index (κ2) is 8.22. The number of nitrogens with zero attached hydrogens (tertiary/aromatic N) is 2. The van der Waals surface area contributed by atoms with Gasteiger partial charge in [-0.25, -0.2) is 4.68 Å². The van der Waals surface area contributed by atoms with Crippen LogP contribution in [0.1, 0.15) is 11.6 Å². The Balaban J connectivity index is 1.76. The number of carbonyl (C=O) groups is 1. The van der Waals surface area contributed by atoms with Crippen LogP contribution in [0.15, 0.2) is 77.6 Å². The van der Waals surface area contributed by atoms with Gasteiger partial charge in [0.25, 0.3) is 5.56 Å². The van der Waals surface area contributed by atoms with Crippen molar-refractivity contribution in [3.8, 4) is 11.3 Å². The third-order valence-electron chi connectivity index (χ3n) is 3.95. The molecule has 0 bridgehead atoms. The fraction of sp³-hybridized carbons (Fsp3) is 0.150. The van der Waals surface area contributed by atoms with Crippen LogP contribution in [-0.2, 0) is 11.3 Å². The Hall–Kier alpha value is -3.25. The molecule has 132 valence electrons. The predicted octanol–water partition coefficient (Wildman–Crippen LogP) is 1.76. The van der Waals surface area contributed by atoms with Crippen LogP contribution in [-0.4, -0.2) is 27.4 Å². The molecule has 3 aromatic rings. The molecular weight excluding hydrogens is 330 g/mol. The molecule has 1 heterocycles. The first-order chi connectivity index (χ1) is 12.7. The molecule has 2 aromatic carbocycles. The molecule has 0 radical (unpaired) electrons. The molecule has 1 atom stereocenters. The van der Waals surface area contributed by atoms with Crippen LogP contribution in [0.25, 0.3) is 11.3 Å². The third kappa shape index (κ3) is 4.23. The summed E-state index contributed by atoms with van der Waals surface area (Å²) in [5.74, 6) is -0.396. The summed E-state index contributed by atoms with van der Waals surface area (Å²) >= 11 is 0. The van der Waals surface area contributed by atoms with Crippen LogP contribution in [0.4, 0.5) is 0 Å². The lowest BCUT2D eigenvalue weighted by Crippen LogP contribution is -2.36. The second-order valence-electron chi connectivity index (χ2n) is 5.79. The molecule has 6 nitrogen and oxygen atoms in total.